The Morgan fingerprint density at radius 2 is 1.42 bits per heavy atom. The molecule has 2 aliphatic heterocycles. The van der Waals surface area contributed by atoms with E-state index in [1.165, 1.54) is 23.8 Å². The highest BCUT2D eigenvalue weighted by Gasteiger charge is 2.23. The van der Waals surface area contributed by atoms with Crippen molar-refractivity contribution in [3.8, 4) is 0 Å². The molecule has 0 radical (unpaired) electrons. The molecule has 2 aromatic carbocycles. The molecule has 5 heteroatoms. The van der Waals surface area contributed by atoms with E-state index < -0.39 is 0 Å². The van der Waals surface area contributed by atoms with E-state index in [-0.39, 0.29) is 5.97 Å². The summed E-state index contributed by atoms with van der Waals surface area (Å²) in [6.45, 7) is 14.4. The van der Waals surface area contributed by atoms with Crippen molar-refractivity contribution in [2.75, 3.05) is 7.11 Å². The van der Waals surface area contributed by atoms with Crippen LogP contribution in [-0.2, 0) is 4.74 Å². The molecule has 5 rings (SSSR count). The third kappa shape index (κ3) is 4.66. The van der Waals surface area contributed by atoms with Gasteiger partial charge in [0, 0.05) is 21.8 Å². The van der Waals surface area contributed by atoms with Gasteiger partial charge in [-0.2, -0.15) is 0 Å². The fourth-order valence-electron chi connectivity index (χ4n) is 5.06. The van der Waals surface area contributed by atoms with Gasteiger partial charge in [-0.15, -0.1) is 0 Å². The molecule has 2 aliphatic rings. The Morgan fingerprint density at radius 3 is 2.00 bits per heavy atom. The summed E-state index contributed by atoms with van der Waals surface area (Å²) in [6.07, 6.45) is 7.99. The van der Waals surface area contributed by atoms with Gasteiger partial charge in [-0.25, -0.2) is 14.8 Å². The zero-order valence-corrected chi connectivity index (χ0v) is 22.1. The third-order valence-electron chi connectivity index (χ3n) is 6.64. The molecule has 0 atom stereocenters. The summed E-state index contributed by atoms with van der Waals surface area (Å²) in [5.74, 6) is -0.373. The first-order valence-electron chi connectivity index (χ1n) is 12.4. The van der Waals surface area contributed by atoms with Crippen molar-refractivity contribution < 1.29 is 9.53 Å². The number of H-pyrrole nitrogens is 1. The number of ether oxygens (including phenoxy) is 1. The molecule has 0 spiro atoms. The van der Waals surface area contributed by atoms with E-state index in [1.54, 1.807) is 12.1 Å². The van der Waals surface area contributed by atoms with Gasteiger partial charge in [-0.3, -0.25) is 0 Å². The summed E-state index contributed by atoms with van der Waals surface area (Å²) < 4.78 is 4.87. The van der Waals surface area contributed by atoms with Gasteiger partial charge in [-0.1, -0.05) is 43.0 Å². The average Bonchev–Trinajstić information content (AvgIpc) is 3.64. The lowest BCUT2D eigenvalue weighted by Crippen LogP contribution is -2.17. The molecule has 38 heavy (non-hydrogen) atoms. The van der Waals surface area contributed by atoms with E-state index in [1.807, 2.05) is 48.6 Å². The molecule has 0 fully saturated rings. The van der Waals surface area contributed by atoms with Crippen LogP contribution in [0.1, 0.15) is 38.2 Å². The molecule has 5 nitrogen and oxygen atoms in total. The van der Waals surface area contributed by atoms with Crippen molar-refractivity contribution in [1.82, 2.24) is 4.98 Å². The van der Waals surface area contributed by atoms with Crippen LogP contribution < -0.4 is 10.7 Å². The number of nitrogens with one attached hydrogen (secondary N) is 1. The van der Waals surface area contributed by atoms with Crippen LogP contribution in [0.25, 0.3) is 17.7 Å². The van der Waals surface area contributed by atoms with Crippen LogP contribution in [-0.4, -0.2) is 29.5 Å². The maximum atomic E-state index is 12.0. The SMILES string of the molecule is C=C1C=CC(/C(=C2/C=CC(C(c3ccc(C(=O)OC)cc3)=c3ccc(=C)[nH]3)=N2)c2c(C)cc(C)cc2C)=N1. The van der Waals surface area contributed by atoms with Crippen LogP contribution in [0, 0.1) is 20.8 Å². The zero-order valence-electron chi connectivity index (χ0n) is 22.1. The number of aromatic amines is 1. The number of hydrogen-bond acceptors (Lipinski definition) is 4. The molecule has 3 aromatic rings. The number of carbonyl (C=O) groups is 1. The Balaban J connectivity index is 1.73. The molecule has 0 amide bonds. The largest absolute Gasteiger partial charge is 0.465 e. The number of aliphatic imine (C=N–C) groups is 2. The van der Waals surface area contributed by atoms with Gasteiger partial charge in [-0.05, 0) is 91.6 Å². The lowest BCUT2D eigenvalue weighted by Gasteiger charge is -2.16. The van der Waals surface area contributed by atoms with E-state index in [9.17, 15) is 4.79 Å². The Morgan fingerprint density at radius 1 is 0.789 bits per heavy atom. The van der Waals surface area contributed by atoms with E-state index >= 15 is 0 Å². The average molecular weight is 500 g/mol. The fraction of sp³-hybridized carbons (Fsp3) is 0.121. The van der Waals surface area contributed by atoms with E-state index in [0.717, 1.165) is 55.8 Å². The van der Waals surface area contributed by atoms with Gasteiger partial charge >= 0.3 is 5.97 Å². The van der Waals surface area contributed by atoms with Gasteiger partial charge in [0.25, 0.3) is 0 Å². The lowest BCUT2D eigenvalue weighted by atomic mass is 9.90. The maximum Gasteiger partial charge on any atom is 0.337 e. The first kappa shape index (κ1) is 24.9. The number of esters is 1. The number of methoxy groups -OCH3 is 1. The highest BCUT2D eigenvalue weighted by atomic mass is 16.5. The van der Waals surface area contributed by atoms with Gasteiger partial charge < -0.3 is 9.72 Å². The Hall–Kier alpha value is -4.77. The highest BCUT2D eigenvalue weighted by molar-refractivity contribution is 6.35. The Labute approximate surface area is 222 Å². The highest BCUT2D eigenvalue weighted by Crippen LogP contribution is 2.34. The number of carbonyl (C=O) groups excluding carboxylic acids is 1. The molecule has 0 aliphatic carbocycles. The molecule has 1 N–H and O–H groups in total. The second-order valence-electron chi connectivity index (χ2n) is 9.53. The second-order valence-corrected chi connectivity index (χ2v) is 9.53. The predicted octanol–water partition coefficient (Wildman–Crippen LogP) is 5.28. The molecule has 188 valence electrons. The van der Waals surface area contributed by atoms with Crippen molar-refractivity contribution in [3.05, 3.63) is 135 Å². The van der Waals surface area contributed by atoms with Crippen LogP contribution >= 0.6 is 0 Å². The first-order chi connectivity index (χ1) is 18.2. The Bertz CT molecular complexity index is 1730. The van der Waals surface area contributed by atoms with E-state index in [4.69, 9.17) is 14.7 Å². The third-order valence-corrected chi connectivity index (χ3v) is 6.64. The number of allylic oxidation sites excluding steroid dienone is 5. The molecular weight excluding hydrogens is 470 g/mol. The summed E-state index contributed by atoms with van der Waals surface area (Å²) in [4.78, 5) is 25.2. The standard InChI is InChI=1S/C33H29N3O2/c1-19-17-20(2)30(21(3)18-19)32(28-14-8-23(5)35-28)29-16-15-27(36-29)31(26-13-7-22(4)34-26)24-9-11-25(12-10-24)33(37)38-6/h7-18,34H,4-5H2,1-3,6H3/b31-26?,32-29+. The topological polar surface area (TPSA) is 66.8 Å². The van der Waals surface area contributed by atoms with Crippen LogP contribution in [0.2, 0.25) is 0 Å². The summed E-state index contributed by atoms with van der Waals surface area (Å²) in [7, 11) is 1.38. The number of aromatic nitrogens is 1. The van der Waals surface area contributed by atoms with Gasteiger partial charge in [0.2, 0.25) is 0 Å². The number of nitrogens with zero attached hydrogens (tertiary/aromatic N) is 2. The number of aryl methyl sites for hydroxylation is 3. The fourth-order valence-corrected chi connectivity index (χ4v) is 5.06. The summed E-state index contributed by atoms with van der Waals surface area (Å²) in [5, 5.41) is 1.69. The molecular formula is C33H29N3O2. The van der Waals surface area contributed by atoms with Crippen molar-refractivity contribution in [1.29, 1.82) is 0 Å². The molecule has 1 aromatic heterocycles. The number of benzene rings is 2. The van der Waals surface area contributed by atoms with E-state index in [0.29, 0.717) is 5.56 Å². The summed E-state index contributed by atoms with van der Waals surface area (Å²) in [5.41, 5.74) is 11.2. The summed E-state index contributed by atoms with van der Waals surface area (Å²) in [6, 6.07) is 15.6. The first-order valence-corrected chi connectivity index (χ1v) is 12.4. The van der Waals surface area contributed by atoms with Gasteiger partial charge in [0.15, 0.2) is 0 Å². The minimum Gasteiger partial charge on any atom is -0.465 e. The zero-order chi connectivity index (χ0) is 27.0. The van der Waals surface area contributed by atoms with Gasteiger partial charge in [0.1, 0.15) is 0 Å². The smallest absolute Gasteiger partial charge is 0.337 e. The van der Waals surface area contributed by atoms with Crippen molar-refractivity contribution in [3.63, 3.8) is 0 Å². The quantitative estimate of drug-likeness (QED) is 0.485. The van der Waals surface area contributed by atoms with Crippen LogP contribution in [0.3, 0.4) is 0 Å². The van der Waals surface area contributed by atoms with Crippen molar-refractivity contribution >= 4 is 35.1 Å². The van der Waals surface area contributed by atoms with Crippen LogP contribution in [0.4, 0.5) is 0 Å². The Kier molecular flexibility index (Phi) is 6.52. The molecule has 0 unspecified atom stereocenters. The lowest BCUT2D eigenvalue weighted by molar-refractivity contribution is 0.0600. The van der Waals surface area contributed by atoms with Crippen molar-refractivity contribution in [2.45, 2.75) is 20.8 Å². The van der Waals surface area contributed by atoms with Crippen LogP contribution in [0.5, 0.6) is 0 Å². The number of hydrogen-bond donors (Lipinski definition) is 1. The monoisotopic (exact) mass is 499 g/mol. The van der Waals surface area contributed by atoms with Crippen LogP contribution in [0.15, 0.2) is 101 Å². The molecule has 0 saturated carbocycles. The molecule has 0 bridgehead atoms. The molecule has 3 heterocycles. The van der Waals surface area contributed by atoms with E-state index in [2.05, 4.69) is 51.0 Å². The predicted molar refractivity (Wildman–Crippen MR) is 156 cm³/mol. The van der Waals surface area contributed by atoms with Gasteiger partial charge in [0.05, 0.1) is 35.5 Å². The minimum atomic E-state index is -0.373. The summed E-state index contributed by atoms with van der Waals surface area (Å²) >= 11 is 0. The maximum absolute atomic E-state index is 12.0. The van der Waals surface area contributed by atoms with Crippen molar-refractivity contribution in [2.24, 2.45) is 9.98 Å². The normalized spacial score (nSPS) is 16.5. The minimum absolute atomic E-state index is 0.373. The molecule has 0 saturated heterocycles. The second kappa shape index (κ2) is 9.94. The number of rotatable bonds is 5.